The van der Waals surface area contributed by atoms with E-state index in [0.29, 0.717) is 6.04 Å². The molecule has 1 aliphatic carbocycles. The van der Waals surface area contributed by atoms with E-state index in [1.807, 2.05) is 0 Å². The minimum atomic E-state index is -0.165. The maximum Gasteiger partial charge on any atom is 0.234 e. The molecule has 1 amide bonds. The molecule has 0 bridgehead atoms. The maximum absolute atomic E-state index is 11.5. The average Bonchev–Trinajstić information content (AvgIpc) is 2.46. The summed E-state index contributed by atoms with van der Waals surface area (Å²) in [5, 5.41) is 3.49. The number of nitrogens with two attached hydrogens (primary N) is 1. The predicted octanol–water partition coefficient (Wildman–Crippen LogP) is 3.90. The fourth-order valence-corrected chi connectivity index (χ4v) is 3.17. The van der Waals surface area contributed by atoms with E-state index in [1.165, 1.54) is 70.6 Å². The van der Waals surface area contributed by atoms with Gasteiger partial charge in [-0.05, 0) is 19.3 Å². The van der Waals surface area contributed by atoms with Gasteiger partial charge in [0.15, 0.2) is 0 Å². The lowest BCUT2D eigenvalue weighted by molar-refractivity contribution is -0.120. The molecular weight excluding hydrogens is 248 g/mol. The summed E-state index contributed by atoms with van der Waals surface area (Å²) in [4.78, 5) is 11.5. The molecule has 1 aliphatic rings. The van der Waals surface area contributed by atoms with Crippen LogP contribution in [0, 0.1) is 0 Å². The van der Waals surface area contributed by atoms with Gasteiger partial charge < -0.3 is 11.1 Å². The van der Waals surface area contributed by atoms with Crippen LogP contribution in [-0.4, -0.2) is 18.0 Å². The van der Waals surface area contributed by atoms with E-state index in [2.05, 4.69) is 12.2 Å². The molecule has 0 heterocycles. The normalized spacial score (nSPS) is 18.1. The summed E-state index contributed by atoms with van der Waals surface area (Å²) < 4.78 is 0. The molecule has 3 nitrogen and oxygen atoms in total. The second kappa shape index (κ2) is 11.1. The van der Waals surface area contributed by atoms with Crippen molar-refractivity contribution in [3.63, 3.8) is 0 Å². The average molecular weight is 282 g/mol. The summed E-state index contributed by atoms with van der Waals surface area (Å²) in [5.74, 6) is -0.165. The van der Waals surface area contributed by atoms with Crippen LogP contribution in [0.15, 0.2) is 0 Å². The van der Waals surface area contributed by atoms with Gasteiger partial charge in [-0.25, -0.2) is 0 Å². The zero-order chi connectivity index (χ0) is 14.6. The first-order valence-corrected chi connectivity index (χ1v) is 8.79. The van der Waals surface area contributed by atoms with Crippen molar-refractivity contribution >= 4 is 5.91 Å². The third kappa shape index (κ3) is 7.88. The van der Waals surface area contributed by atoms with Crippen LogP contribution in [0.4, 0.5) is 0 Å². The molecule has 1 rings (SSSR count). The van der Waals surface area contributed by atoms with Crippen LogP contribution in [0.3, 0.4) is 0 Å². The third-order valence-electron chi connectivity index (χ3n) is 4.48. The van der Waals surface area contributed by atoms with Gasteiger partial charge in [0, 0.05) is 6.04 Å². The molecule has 3 N–H and O–H groups in total. The van der Waals surface area contributed by atoms with E-state index in [4.69, 9.17) is 5.73 Å². The van der Waals surface area contributed by atoms with Crippen LogP contribution in [-0.2, 0) is 4.79 Å². The van der Waals surface area contributed by atoms with Crippen LogP contribution in [0.1, 0.15) is 90.4 Å². The molecule has 0 saturated heterocycles. The summed E-state index contributed by atoms with van der Waals surface area (Å²) in [5.41, 5.74) is 5.53. The molecule has 0 aromatic rings. The number of carbonyl (C=O) groups is 1. The molecule has 0 radical (unpaired) electrons. The van der Waals surface area contributed by atoms with E-state index < -0.39 is 0 Å². The summed E-state index contributed by atoms with van der Waals surface area (Å²) >= 11 is 0. The fraction of sp³-hybridized carbons (Fsp3) is 0.941. The lowest BCUT2D eigenvalue weighted by atomic mass is 9.94. The van der Waals surface area contributed by atoms with Gasteiger partial charge in [-0.1, -0.05) is 71.1 Å². The summed E-state index contributed by atoms with van der Waals surface area (Å²) in [6.45, 7) is 2.24. The van der Waals surface area contributed by atoms with Gasteiger partial charge in [0.2, 0.25) is 5.91 Å². The molecule has 118 valence electrons. The van der Waals surface area contributed by atoms with Gasteiger partial charge in [-0.15, -0.1) is 0 Å². The summed E-state index contributed by atoms with van der Waals surface area (Å²) in [6, 6.07) is 0.416. The first-order valence-electron chi connectivity index (χ1n) is 8.79. The predicted molar refractivity (Wildman–Crippen MR) is 85.6 cm³/mol. The smallest absolute Gasteiger partial charge is 0.234 e. The number of unbranched alkanes of at least 4 members (excludes halogenated alkanes) is 6. The number of hydrogen-bond donors (Lipinski definition) is 2. The second-order valence-corrected chi connectivity index (χ2v) is 6.37. The highest BCUT2D eigenvalue weighted by Crippen LogP contribution is 2.19. The Kier molecular flexibility index (Phi) is 9.73. The van der Waals surface area contributed by atoms with Gasteiger partial charge in [0.25, 0.3) is 0 Å². The van der Waals surface area contributed by atoms with Gasteiger partial charge in [0.1, 0.15) is 0 Å². The Morgan fingerprint density at radius 2 is 1.65 bits per heavy atom. The standard InChI is InChI=1S/C17H34N2O/c1-2-3-4-5-6-7-11-14-16(17(18)20)19-15-12-9-8-10-13-15/h15-16,19H,2-14H2,1H3,(H2,18,20). The number of hydrogen-bond acceptors (Lipinski definition) is 2. The first-order chi connectivity index (χ1) is 9.74. The highest BCUT2D eigenvalue weighted by molar-refractivity contribution is 5.79. The SMILES string of the molecule is CCCCCCCCCC(NC1CCCCC1)C(N)=O. The van der Waals surface area contributed by atoms with Gasteiger partial charge in [-0.2, -0.15) is 0 Å². The van der Waals surface area contributed by atoms with Crippen molar-refractivity contribution < 1.29 is 4.79 Å². The van der Waals surface area contributed by atoms with Crippen molar-refractivity contribution in [1.82, 2.24) is 5.32 Å². The minimum Gasteiger partial charge on any atom is -0.368 e. The molecule has 0 aromatic heterocycles. The van der Waals surface area contributed by atoms with Crippen molar-refractivity contribution in [1.29, 1.82) is 0 Å². The van der Waals surface area contributed by atoms with Crippen LogP contribution >= 0.6 is 0 Å². The Hall–Kier alpha value is -0.570. The zero-order valence-electron chi connectivity index (χ0n) is 13.3. The van der Waals surface area contributed by atoms with E-state index in [1.54, 1.807) is 0 Å². The summed E-state index contributed by atoms with van der Waals surface area (Å²) in [7, 11) is 0. The van der Waals surface area contributed by atoms with Gasteiger partial charge >= 0.3 is 0 Å². The van der Waals surface area contributed by atoms with Crippen molar-refractivity contribution in [3.05, 3.63) is 0 Å². The van der Waals surface area contributed by atoms with Crippen molar-refractivity contribution in [2.24, 2.45) is 5.73 Å². The molecule has 0 aliphatic heterocycles. The topological polar surface area (TPSA) is 55.1 Å². The Morgan fingerprint density at radius 1 is 1.05 bits per heavy atom. The molecule has 1 saturated carbocycles. The van der Waals surface area contributed by atoms with Crippen LogP contribution in [0.5, 0.6) is 0 Å². The molecule has 1 fully saturated rings. The number of rotatable bonds is 11. The van der Waals surface area contributed by atoms with Crippen LogP contribution in [0.2, 0.25) is 0 Å². The van der Waals surface area contributed by atoms with Crippen molar-refractivity contribution in [2.75, 3.05) is 0 Å². The molecule has 20 heavy (non-hydrogen) atoms. The molecule has 1 atom stereocenters. The Morgan fingerprint density at radius 3 is 2.25 bits per heavy atom. The third-order valence-corrected chi connectivity index (χ3v) is 4.48. The molecular formula is C17H34N2O. The quantitative estimate of drug-likeness (QED) is 0.565. The van der Waals surface area contributed by atoms with E-state index in [0.717, 1.165) is 12.8 Å². The van der Waals surface area contributed by atoms with Crippen LogP contribution in [0.25, 0.3) is 0 Å². The first kappa shape index (κ1) is 17.5. The molecule has 1 unspecified atom stereocenters. The number of nitrogens with one attached hydrogen (secondary N) is 1. The number of primary amides is 1. The minimum absolute atomic E-state index is 0.103. The molecule has 0 spiro atoms. The lowest BCUT2D eigenvalue weighted by Gasteiger charge is -2.27. The largest absolute Gasteiger partial charge is 0.368 e. The van der Waals surface area contributed by atoms with Crippen molar-refractivity contribution in [3.8, 4) is 0 Å². The molecule has 3 heteroatoms. The highest BCUT2D eigenvalue weighted by atomic mass is 16.1. The number of amides is 1. The van der Waals surface area contributed by atoms with E-state index in [-0.39, 0.29) is 11.9 Å². The summed E-state index contributed by atoms with van der Waals surface area (Å²) in [6.07, 6.45) is 16.3. The Bertz CT molecular complexity index is 249. The van der Waals surface area contributed by atoms with Crippen molar-refractivity contribution in [2.45, 2.75) is 102 Å². The Labute approximate surface area is 125 Å². The maximum atomic E-state index is 11.5. The van der Waals surface area contributed by atoms with E-state index >= 15 is 0 Å². The lowest BCUT2D eigenvalue weighted by Crippen LogP contribution is -2.47. The number of carbonyl (C=O) groups excluding carboxylic acids is 1. The van der Waals surface area contributed by atoms with Gasteiger partial charge in [0.05, 0.1) is 6.04 Å². The monoisotopic (exact) mass is 282 g/mol. The zero-order valence-corrected chi connectivity index (χ0v) is 13.3. The van der Waals surface area contributed by atoms with E-state index in [9.17, 15) is 4.79 Å². The van der Waals surface area contributed by atoms with Gasteiger partial charge in [-0.3, -0.25) is 4.79 Å². The Balaban J connectivity index is 2.10. The molecule has 0 aromatic carbocycles. The van der Waals surface area contributed by atoms with Crippen LogP contribution < -0.4 is 11.1 Å². The fourth-order valence-electron chi connectivity index (χ4n) is 3.17. The highest BCUT2D eigenvalue weighted by Gasteiger charge is 2.20. The second-order valence-electron chi connectivity index (χ2n) is 6.37.